The van der Waals surface area contributed by atoms with E-state index in [1.54, 1.807) is 18.6 Å². The van der Waals surface area contributed by atoms with Crippen molar-refractivity contribution >= 4 is 5.82 Å². The predicted molar refractivity (Wildman–Crippen MR) is 64.5 cm³/mol. The summed E-state index contributed by atoms with van der Waals surface area (Å²) >= 11 is 0. The summed E-state index contributed by atoms with van der Waals surface area (Å²) in [5.41, 5.74) is 1.08. The first-order valence-electron chi connectivity index (χ1n) is 5.96. The van der Waals surface area contributed by atoms with Gasteiger partial charge in [0.1, 0.15) is 11.6 Å². The number of hydrogen-bond donors (Lipinski definition) is 1. The Morgan fingerprint density at radius 3 is 3.12 bits per heavy atom. The molecular weight excluding hydrogens is 214 g/mol. The Hall–Kier alpha value is -1.91. The molecule has 1 aliphatic heterocycles. The minimum Gasteiger partial charge on any atom is -0.363 e. The fraction of sp³-hybridized carbons (Fsp3) is 0.417. The van der Waals surface area contributed by atoms with E-state index in [0.717, 1.165) is 24.5 Å². The number of nitrogens with one attached hydrogen (secondary N) is 1. The topological polar surface area (TPSA) is 55.6 Å². The Morgan fingerprint density at radius 1 is 1.29 bits per heavy atom. The molecule has 0 bridgehead atoms. The number of aromatic nitrogens is 4. The molecule has 1 N–H and O–H groups in total. The summed E-state index contributed by atoms with van der Waals surface area (Å²) in [5.74, 6) is 2.01. The summed E-state index contributed by atoms with van der Waals surface area (Å²) < 4.78 is 2.26. The van der Waals surface area contributed by atoms with Crippen LogP contribution in [0.4, 0.5) is 5.82 Å². The average molecular weight is 229 g/mol. The molecule has 3 heterocycles. The van der Waals surface area contributed by atoms with Crippen molar-refractivity contribution in [3.8, 4) is 0 Å². The Kier molecular flexibility index (Phi) is 2.73. The van der Waals surface area contributed by atoms with Gasteiger partial charge in [-0.25, -0.2) is 9.97 Å². The van der Waals surface area contributed by atoms with Crippen LogP contribution in [0.15, 0.2) is 24.8 Å². The lowest BCUT2D eigenvalue weighted by Gasteiger charge is -2.11. The molecule has 0 saturated carbocycles. The molecule has 88 valence electrons. The van der Waals surface area contributed by atoms with E-state index < -0.39 is 0 Å². The van der Waals surface area contributed by atoms with Crippen LogP contribution in [0.5, 0.6) is 0 Å². The lowest BCUT2D eigenvalue weighted by molar-refractivity contribution is 0.522. The molecule has 0 amide bonds. The second kappa shape index (κ2) is 4.53. The monoisotopic (exact) mass is 229 g/mol. The maximum Gasteiger partial charge on any atom is 0.144 e. The van der Waals surface area contributed by atoms with Crippen molar-refractivity contribution in [1.82, 2.24) is 19.5 Å². The highest BCUT2D eigenvalue weighted by atomic mass is 15.1. The minimum absolute atomic E-state index is 0.707. The molecule has 17 heavy (non-hydrogen) atoms. The van der Waals surface area contributed by atoms with Crippen molar-refractivity contribution in [2.24, 2.45) is 0 Å². The zero-order valence-corrected chi connectivity index (χ0v) is 9.63. The van der Waals surface area contributed by atoms with Gasteiger partial charge >= 0.3 is 0 Å². The summed E-state index contributed by atoms with van der Waals surface area (Å²) in [4.78, 5) is 12.8. The summed E-state index contributed by atoms with van der Waals surface area (Å²) in [7, 11) is 0. The number of fused-ring (bicyclic) bond motifs is 1. The molecule has 0 aromatic carbocycles. The number of hydrogen-bond acceptors (Lipinski definition) is 4. The van der Waals surface area contributed by atoms with Crippen LogP contribution in [-0.2, 0) is 19.5 Å². The van der Waals surface area contributed by atoms with Crippen LogP contribution in [0.2, 0.25) is 0 Å². The van der Waals surface area contributed by atoms with Crippen molar-refractivity contribution in [3.63, 3.8) is 0 Å². The van der Waals surface area contributed by atoms with E-state index in [0.29, 0.717) is 6.54 Å². The van der Waals surface area contributed by atoms with E-state index >= 15 is 0 Å². The minimum atomic E-state index is 0.707. The van der Waals surface area contributed by atoms with Gasteiger partial charge in [0.2, 0.25) is 0 Å². The molecule has 0 spiro atoms. The molecule has 0 atom stereocenters. The number of nitrogens with zero attached hydrogens (tertiary/aromatic N) is 4. The molecule has 5 nitrogen and oxygen atoms in total. The number of rotatable bonds is 3. The maximum absolute atomic E-state index is 4.62. The molecule has 0 aliphatic carbocycles. The number of anilines is 1. The van der Waals surface area contributed by atoms with E-state index in [4.69, 9.17) is 0 Å². The summed E-state index contributed by atoms with van der Waals surface area (Å²) in [6.45, 7) is 1.81. The van der Waals surface area contributed by atoms with Gasteiger partial charge in [0.15, 0.2) is 0 Å². The van der Waals surface area contributed by atoms with Crippen LogP contribution in [-0.4, -0.2) is 19.5 Å². The summed E-state index contributed by atoms with van der Waals surface area (Å²) in [5, 5.41) is 3.22. The third-order valence-corrected chi connectivity index (χ3v) is 2.97. The van der Waals surface area contributed by atoms with Gasteiger partial charge < -0.3 is 9.88 Å². The summed E-state index contributed by atoms with van der Waals surface area (Å²) in [6.07, 6.45) is 10.8. The lowest BCUT2D eigenvalue weighted by Crippen LogP contribution is -2.08. The van der Waals surface area contributed by atoms with Crippen molar-refractivity contribution in [2.75, 3.05) is 5.32 Å². The largest absolute Gasteiger partial charge is 0.363 e. The van der Waals surface area contributed by atoms with Gasteiger partial charge in [-0.15, -0.1) is 0 Å². The molecule has 5 heteroatoms. The van der Waals surface area contributed by atoms with Gasteiger partial charge in [-0.2, -0.15) is 0 Å². The SMILES string of the molecule is c1cnc(NCc2cn3c(n2)CCCC3)cn1. The second-order valence-electron chi connectivity index (χ2n) is 4.24. The first-order valence-corrected chi connectivity index (χ1v) is 5.96. The molecule has 1 aliphatic rings. The van der Waals surface area contributed by atoms with Crippen LogP contribution in [0.25, 0.3) is 0 Å². The van der Waals surface area contributed by atoms with E-state index in [1.165, 1.54) is 18.7 Å². The standard InChI is InChI=1S/C12H15N5/c1-2-6-17-9-10(16-12(17)3-1)7-15-11-8-13-4-5-14-11/h4-5,8-9H,1-3,6-7H2,(H,14,15). The van der Waals surface area contributed by atoms with E-state index in [9.17, 15) is 0 Å². The van der Waals surface area contributed by atoms with Gasteiger partial charge in [-0.3, -0.25) is 4.98 Å². The zero-order chi connectivity index (χ0) is 11.5. The van der Waals surface area contributed by atoms with Gasteiger partial charge in [0, 0.05) is 31.6 Å². The van der Waals surface area contributed by atoms with E-state index in [-0.39, 0.29) is 0 Å². The van der Waals surface area contributed by atoms with Gasteiger partial charge in [-0.1, -0.05) is 0 Å². The van der Waals surface area contributed by atoms with Gasteiger partial charge in [0.25, 0.3) is 0 Å². The molecule has 0 fully saturated rings. The van der Waals surface area contributed by atoms with E-state index in [2.05, 4.69) is 31.0 Å². The molecule has 2 aromatic heterocycles. The quantitative estimate of drug-likeness (QED) is 0.869. The molecular formula is C12H15N5. The third kappa shape index (κ3) is 2.27. The van der Waals surface area contributed by atoms with Crippen LogP contribution in [0.1, 0.15) is 24.4 Å². The molecule has 0 saturated heterocycles. The fourth-order valence-corrected chi connectivity index (χ4v) is 2.13. The highest BCUT2D eigenvalue weighted by molar-refractivity contribution is 5.30. The summed E-state index contributed by atoms with van der Waals surface area (Å²) in [6, 6.07) is 0. The highest BCUT2D eigenvalue weighted by Gasteiger charge is 2.11. The smallest absolute Gasteiger partial charge is 0.144 e. The second-order valence-corrected chi connectivity index (χ2v) is 4.24. The zero-order valence-electron chi connectivity index (χ0n) is 9.63. The van der Waals surface area contributed by atoms with Crippen LogP contribution >= 0.6 is 0 Å². The first kappa shape index (κ1) is 10.3. The molecule has 3 rings (SSSR count). The molecule has 0 unspecified atom stereocenters. The third-order valence-electron chi connectivity index (χ3n) is 2.97. The predicted octanol–water partition coefficient (Wildman–Crippen LogP) is 1.62. The van der Waals surface area contributed by atoms with E-state index in [1.807, 2.05) is 0 Å². The van der Waals surface area contributed by atoms with Crippen LogP contribution in [0.3, 0.4) is 0 Å². The Labute approximate surface area is 99.9 Å². The van der Waals surface area contributed by atoms with Crippen LogP contribution < -0.4 is 5.32 Å². The molecule has 2 aromatic rings. The highest BCUT2D eigenvalue weighted by Crippen LogP contribution is 2.15. The fourth-order valence-electron chi connectivity index (χ4n) is 2.13. The van der Waals surface area contributed by atoms with Gasteiger partial charge in [0.05, 0.1) is 18.4 Å². The molecule has 0 radical (unpaired) electrons. The number of imidazole rings is 1. The lowest BCUT2D eigenvalue weighted by atomic mass is 10.2. The Bertz CT molecular complexity index is 467. The Balaban J connectivity index is 1.67. The maximum atomic E-state index is 4.62. The van der Waals surface area contributed by atoms with Crippen molar-refractivity contribution in [1.29, 1.82) is 0 Å². The number of aryl methyl sites for hydroxylation is 2. The van der Waals surface area contributed by atoms with Crippen molar-refractivity contribution in [2.45, 2.75) is 32.4 Å². The van der Waals surface area contributed by atoms with Crippen molar-refractivity contribution in [3.05, 3.63) is 36.3 Å². The average Bonchev–Trinajstić information content (AvgIpc) is 2.80. The normalized spacial score (nSPS) is 14.4. The Morgan fingerprint density at radius 2 is 2.29 bits per heavy atom. The van der Waals surface area contributed by atoms with Crippen LogP contribution in [0, 0.1) is 0 Å². The van der Waals surface area contributed by atoms with Gasteiger partial charge in [-0.05, 0) is 12.8 Å². The first-order chi connectivity index (χ1) is 8.42. The van der Waals surface area contributed by atoms with Crippen molar-refractivity contribution < 1.29 is 0 Å².